The summed E-state index contributed by atoms with van der Waals surface area (Å²) >= 11 is 0. The summed E-state index contributed by atoms with van der Waals surface area (Å²) in [4.78, 5) is 23.0. The van der Waals surface area contributed by atoms with E-state index < -0.39 is 10.0 Å². The van der Waals surface area contributed by atoms with Crippen LogP contribution in [0.25, 0.3) is 44.2 Å². The minimum atomic E-state index is -4.04. The number of rotatable bonds is 11. The third-order valence-corrected chi connectivity index (χ3v) is 10.1. The summed E-state index contributed by atoms with van der Waals surface area (Å²) < 4.78 is 39.8. The highest BCUT2D eigenvalue weighted by Gasteiger charge is 2.27. The van der Waals surface area contributed by atoms with E-state index in [-0.39, 0.29) is 16.6 Å². The highest BCUT2D eigenvalue weighted by molar-refractivity contribution is 7.93. The van der Waals surface area contributed by atoms with Gasteiger partial charge in [0.1, 0.15) is 22.0 Å². The van der Waals surface area contributed by atoms with Gasteiger partial charge in [-0.15, -0.1) is 0 Å². The van der Waals surface area contributed by atoms with Crippen molar-refractivity contribution in [2.45, 2.75) is 4.90 Å². The first-order valence-corrected chi connectivity index (χ1v) is 16.8. The number of amides is 1. The van der Waals surface area contributed by atoms with Gasteiger partial charge < -0.3 is 24.7 Å². The van der Waals surface area contributed by atoms with Crippen molar-refractivity contribution in [2.75, 3.05) is 52.8 Å². The third-order valence-electron chi connectivity index (χ3n) is 8.34. The van der Waals surface area contributed by atoms with Crippen molar-refractivity contribution in [2.24, 2.45) is 0 Å². The number of nitrogens with one attached hydrogen (secondary N) is 2. The molecule has 0 aliphatic carbocycles. The number of carbonyl (C=O) groups excluding carboxylic acids is 1. The van der Waals surface area contributed by atoms with Gasteiger partial charge in [-0.1, -0.05) is 42.5 Å². The molecule has 0 saturated heterocycles. The Morgan fingerprint density at radius 3 is 2.31 bits per heavy atom. The van der Waals surface area contributed by atoms with E-state index in [4.69, 9.17) is 14.5 Å². The van der Waals surface area contributed by atoms with Gasteiger partial charge >= 0.3 is 0 Å². The highest BCUT2D eigenvalue weighted by Crippen LogP contribution is 2.42. The summed E-state index contributed by atoms with van der Waals surface area (Å²) in [6.07, 6.45) is 1.83. The number of likely N-dealkylation sites (N-methyl/N-ethyl adjacent to an activating group) is 1. The van der Waals surface area contributed by atoms with Crippen molar-refractivity contribution >= 4 is 43.6 Å². The lowest BCUT2D eigenvalue weighted by Crippen LogP contribution is -2.31. The van der Waals surface area contributed by atoms with Gasteiger partial charge in [-0.25, -0.2) is 13.4 Å². The number of aromatic nitrogens is 2. The molecule has 0 aliphatic heterocycles. The molecule has 0 aliphatic rings. The third kappa shape index (κ3) is 6.17. The number of aromatic amines is 1. The number of hydrogen-bond donors (Lipinski definition) is 2. The maximum absolute atomic E-state index is 13.9. The summed E-state index contributed by atoms with van der Waals surface area (Å²) in [6, 6.07) is 27.7. The monoisotopic (exact) mass is 663 g/mol. The zero-order valence-electron chi connectivity index (χ0n) is 27.4. The summed E-state index contributed by atoms with van der Waals surface area (Å²) in [7, 11) is 4.32. The molecule has 11 heteroatoms. The predicted octanol–water partition coefficient (Wildman–Crippen LogP) is 6.18. The van der Waals surface area contributed by atoms with Gasteiger partial charge in [0.05, 0.1) is 19.9 Å². The molecule has 246 valence electrons. The van der Waals surface area contributed by atoms with Crippen molar-refractivity contribution in [3.8, 4) is 33.8 Å². The van der Waals surface area contributed by atoms with E-state index in [0.29, 0.717) is 29.2 Å². The van der Waals surface area contributed by atoms with Crippen LogP contribution >= 0.6 is 0 Å². The molecule has 10 nitrogen and oxygen atoms in total. The summed E-state index contributed by atoms with van der Waals surface area (Å²) in [5, 5.41) is 4.62. The number of pyridine rings is 1. The number of H-pyrrole nitrogens is 1. The van der Waals surface area contributed by atoms with Crippen LogP contribution in [0.5, 0.6) is 11.5 Å². The van der Waals surface area contributed by atoms with Crippen LogP contribution in [-0.2, 0) is 10.0 Å². The number of anilines is 1. The van der Waals surface area contributed by atoms with E-state index in [1.165, 1.54) is 31.6 Å². The SMILES string of the molecule is COc1ccc(OC)c(S(=O)(=O)N(C)c2ccc3[nH]c4ncc(-c5ccc(C(=O)NCCN(C)C)cc5)c(-c5ccccc5)c4c3c2)c1. The van der Waals surface area contributed by atoms with E-state index in [1.54, 1.807) is 18.2 Å². The fourth-order valence-electron chi connectivity index (χ4n) is 5.73. The molecule has 48 heavy (non-hydrogen) atoms. The summed E-state index contributed by atoms with van der Waals surface area (Å²) in [6.45, 7) is 1.30. The number of ether oxygens (including phenoxy) is 2. The van der Waals surface area contributed by atoms with Crippen molar-refractivity contribution in [3.63, 3.8) is 0 Å². The maximum atomic E-state index is 13.9. The van der Waals surface area contributed by atoms with Gasteiger partial charge in [0.15, 0.2) is 0 Å². The molecule has 2 N–H and O–H groups in total. The molecule has 1 amide bonds. The zero-order chi connectivity index (χ0) is 34.0. The van der Waals surface area contributed by atoms with Crippen LogP contribution in [0.3, 0.4) is 0 Å². The number of benzene rings is 4. The van der Waals surface area contributed by atoms with Crippen LogP contribution in [0.2, 0.25) is 0 Å². The van der Waals surface area contributed by atoms with Crippen molar-refractivity contribution in [3.05, 3.63) is 103 Å². The summed E-state index contributed by atoms with van der Waals surface area (Å²) in [5.74, 6) is 0.488. The van der Waals surface area contributed by atoms with Crippen molar-refractivity contribution in [1.82, 2.24) is 20.2 Å². The molecule has 0 radical (unpaired) electrons. The molecule has 2 aromatic heterocycles. The molecular formula is C37H37N5O5S. The fourth-order valence-corrected chi connectivity index (χ4v) is 7.09. The topological polar surface area (TPSA) is 117 Å². The average molecular weight is 664 g/mol. The Balaban J connectivity index is 1.47. The molecule has 0 spiro atoms. The first-order chi connectivity index (χ1) is 23.1. The number of methoxy groups -OCH3 is 2. The lowest BCUT2D eigenvalue weighted by Gasteiger charge is -2.21. The Morgan fingerprint density at radius 2 is 1.62 bits per heavy atom. The van der Waals surface area contributed by atoms with E-state index >= 15 is 0 Å². The Kier molecular flexibility index (Phi) is 9.07. The van der Waals surface area contributed by atoms with E-state index in [2.05, 4.69) is 10.3 Å². The smallest absolute Gasteiger partial charge is 0.267 e. The second-order valence-electron chi connectivity index (χ2n) is 11.6. The molecular weight excluding hydrogens is 627 g/mol. The fraction of sp³-hybridized carbons (Fsp3) is 0.189. The van der Waals surface area contributed by atoms with Gasteiger partial charge in [-0.3, -0.25) is 9.10 Å². The molecule has 0 fully saturated rings. The molecule has 4 aromatic carbocycles. The zero-order valence-corrected chi connectivity index (χ0v) is 28.3. The minimum absolute atomic E-state index is 0.00497. The van der Waals surface area contributed by atoms with Gasteiger partial charge in [-0.05, 0) is 67.7 Å². The maximum Gasteiger partial charge on any atom is 0.267 e. The first kappa shape index (κ1) is 32.5. The van der Waals surface area contributed by atoms with Gasteiger partial charge in [0.25, 0.3) is 15.9 Å². The van der Waals surface area contributed by atoms with Crippen molar-refractivity contribution < 1.29 is 22.7 Å². The average Bonchev–Trinajstić information content (AvgIpc) is 3.48. The van der Waals surface area contributed by atoms with Crippen LogP contribution in [0.1, 0.15) is 10.4 Å². The second kappa shape index (κ2) is 13.4. The normalized spacial score (nSPS) is 11.6. The lowest BCUT2D eigenvalue weighted by molar-refractivity contribution is 0.0951. The Labute approximate surface area is 280 Å². The van der Waals surface area contributed by atoms with Crippen molar-refractivity contribution in [1.29, 1.82) is 0 Å². The standard InChI is InChI=1S/C37H37N5O5S/c1-41(2)20-19-38-37(43)26-13-11-24(12-14-26)30-23-39-36-35(34(30)25-9-7-6-8-10-25)29-21-27(15-17-31(29)40-36)42(3)48(44,45)33-22-28(46-4)16-18-32(33)47-5/h6-18,21-23H,19-20H2,1-5H3,(H,38,43)(H,39,40). The molecule has 0 saturated carbocycles. The molecule has 6 rings (SSSR count). The molecule has 0 atom stereocenters. The molecule has 0 unspecified atom stereocenters. The van der Waals surface area contributed by atoms with Crippen LogP contribution in [-0.4, -0.2) is 77.6 Å². The Hall–Kier alpha value is -5.39. The number of fused-ring (bicyclic) bond motifs is 3. The number of carbonyl (C=O) groups is 1. The largest absolute Gasteiger partial charge is 0.497 e. The van der Waals surface area contributed by atoms with E-state index in [9.17, 15) is 13.2 Å². The van der Waals surface area contributed by atoms with Gasteiger partial charge in [-0.2, -0.15) is 0 Å². The first-order valence-electron chi connectivity index (χ1n) is 15.4. The van der Waals surface area contributed by atoms with E-state index in [1.807, 2.05) is 91.9 Å². The van der Waals surface area contributed by atoms with Crippen LogP contribution < -0.4 is 19.1 Å². The number of nitrogens with zero attached hydrogens (tertiary/aromatic N) is 3. The van der Waals surface area contributed by atoms with Crippen LogP contribution in [0.15, 0.2) is 102 Å². The van der Waals surface area contributed by atoms with Gasteiger partial charge in [0, 0.05) is 65.4 Å². The summed E-state index contributed by atoms with van der Waals surface area (Å²) in [5.41, 5.74) is 6.19. The molecule has 2 heterocycles. The quantitative estimate of drug-likeness (QED) is 0.170. The highest BCUT2D eigenvalue weighted by atomic mass is 32.2. The number of sulfonamides is 1. The molecule has 6 aromatic rings. The lowest BCUT2D eigenvalue weighted by atomic mass is 9.92. The minimum Gasteiger partial charge on any atom is -0.497 e. The molecule has 0 bridgehead atoms. The number of hydrogen-bond acceptors (Lipinski definition) is 7. The Bertz CT molecular complexity index is 2220. The van der Waals surface area contributed by atoms with Gasteiger partial charge in [0.2, 0.25) is 0 Å². The van der Waals surface area contributed by atoms with Crippen LogP contribution in [0, 0.1) is 0 Å². The van der Waals surface area contributed by atoms with Crippen LogP contribution in [0.4, 0.5) is 5.69 Å². The second-order valence-corrected chi connectivity index (χ2v) is 13.6. The Morgan fingerprint density at radius 1 is 0.875 bits per heavy atom. The predicted molar refractivity (Wildman–Crippen MR) is 190 cm³/mol. The van der Waals surface area contributed by atoms with E-state index in [0.717, 1.165) is 45.1 Å².